The predicted molar refractivity (Wildman–Crippen MR) is 64.0 cm³/mol. The fourth-order valence-electron chi connectivity index (χ4n) is 1.80. The summed E-state index contributed by atoms with van der Waals surface area (Å²) in [6, 6.07) is 0.166. The lowest BCUT2D eigenvalue weighted by molar-refractivity contribution is -0.139. The molecule has 1 aliphatic heterocycles. The fraction of sp³-hybridized carbons (Fsp3) is 0.917. The lowest BCUT2D eigenvalue weighted by atomic mass is 10.0. The zero-order valence-electron chi connectivity index (χ0n) is 10.6. The second-order valence-electron chi connectivity index (χ2n) is 4.96. The number of nitrogens with zero attached hydrogens (tertiary/aromatic N) is 1. The summed E-state index contributed by atoms with van der Waals surface area (Å²) < 4.78 is 5.37. The lowest BCUT2D eigenvalue weighted by Crippen LogP contribution is -2.39. The fourth-order valence-corrected chi connectivity index (χ4v) is 1.80. The molecule has 1 aliphatic rings. The van der Waals surface area contributed by atoms with E-state index in [4.69, 9.17) is 10.5 Å². The van der Waals surface area contributed by atoms with Crippen LogP contribution in [0.3, 0.4) is 0 Å². The van der Waals surface area contributed by atoms with E-state index < -0.39 is 0 Å². The van der Waals surface area contributed by atoms with Gasteiger partial charge < -0.3 is 15.4 Å². The third-order valence-corrected chi connectivity index (χ3v) is 3.24. The van der Waals surface area contributed by atoms with Crippen molar-refractivity contribution in [1.29, 1.82) is 0 Å². The van der Waals surface area contributed by atoms with Crippen molar-refractivity contribution >= 4 is 5.91 Å². The van der Waals surface area contributed by atoms with E-state index in [1.807, 2.05) is 7.05 Å². The van der Waals surface area contributed by atoms with E-state index in [0.29, 0.717) is 5.92 Å². The Morgan fingerprint density at radius 1 is 1.56 bits per heavy atom. The minimum atomic E-state index is -0.208. The van der Waals surface area contributed by atoms with E-state index in [2.05, 4.69) is 13.8 Å². The van der Waals surface area contributed by atoms with Crippen molar-refractivity contribution in [2.75, 3.05) is 20.2 Å². The maximum Gasteiger partial charge on any atom is 0.251 e. The maximum absolute atomic E-state index is 11.9. The summed E-state index contributed by atoms with van der Waals surface area (Å²) in [4.78, 5) is 13.6. The molecule has 4 heteroatoms. The molecule has 2 N–H and O–H groups in total. The molecule has 1 fully saturated rings. The molecule has 0 aromatic heterocycles. The number of carbonyl (C=O) groups is 1. The predicted octanol–water partition coefficient (Wildman–Crippen LogP) is 0.997. The van der Waals surface area contributed by atoms with Gasteiger partial charge in [0.2, 0.25) is 0 Å². The molecule has 16 heavy (non-hydrogen) atoms. The first-order chi connectivity index (χ1) is 7.52. The SMILES string of the molecule is CC(C)C(N)CCN(C)C(=O)C1CCCO1. The van der Waals surface area contributed by atoms with Gasteiger partial charge in [0, 0.05) is 26.2 Å². The van der Waals surface area contributed by atoms with Gasteiger partial charge in [-0.3, -0.25) is 4.79 Å². The minimum Gasteiger partial charge on any atom is -0.368 e. The van der Waals surface area contributed by atoms with Crippen molar-refractivity contribution in [1.82, 2.24) is 4.90 Å². The zero-order valence-corrected chi connectivity index (χ0v) is 10.6. The molecule has 0 aliphatic carbocycles. The van der Waals surface area contributed by atoms with Crippen LogP contribution in [0.4, 0.5) is 0 Å². The number of rotatable bonds is 5. The number of hydrogen-bond donors (Lipinski definition) is 1. The van der Waals surface area contributed by atoms with E-state index in [-0.39, 0.29) is 18.1 Å². The highest BCUT2D eigenvalue weighted by Crippen LogP contribution is 2.14. The number of amides is 1. The van der Waals surface area contributed by atoms with Crippen molar-refractivity contribution in [3.8, 4) is 0 Å². The highest BCUT2D eigenvalue weighted by atomic mass is 16.5. The molecular formula is C12H24N2O2. The van der Waals surface area contributed by atoms with Gasteiger partial charge in [0.1, 0.15) is 6.10 Å². The Morgan fingerprint density at radius 3 is 2.75 bits per heavy atom. The highest BCUT2D eigenvalue weighted by molar-refractivity contribution is 5.80. The molecule has 0 saturated carbocycles. The molecule has 0 bridgehead atoms. The summed E-state index contributed by atoms with van der Waals surface area (Å²) in [5.74, 6) is 0.569. The van der Waals surface area contributed by atoms with E-state index in [9.17, 15) is 4.79 Å². The average Bonchev–Trinajstić information content (AvgIpc) is 2.77. The Hall–Kier alpha value is -0.610. The van der Waals surface area contributed by atoms with Gasteiger partial charge in [-0.1, -0.05) is 13.8 Å². The van der Waals surface area contributed by atoms with Crippen LogP contribution in [0.5, 0.6) is 0 Å². The van der Waals surface area contributed by atoms with Crippen molar-refractivity contribution in [2.45, 2.75) is 45.3 Å². The monoisotopic (exact) mass is 228 g/mol. The summed E-state index contributed by atoms with van der Waals surface area (Å²) in [6.07, 6.45) is 2.50. The molecule has 2 atom stereocenters. The first kappa shape index (κ1) is 13.5. The summed E-state index contributed by atoms with van der Waals surface area (Å²) in [7, 11) is 1.83. The molecule has 94 valence electrons. The molecule has 0 spiro atoms. The first-order valence-electron chi connectivity index (χ1n) is 6.14. The van der Waals surface area contributed by atoms with Crippen molar-refractivity contribution < 1.29 is 9.53 Å². The summed E-state index contributed by atoms with van der Waals surface area (Å²) in [6.45, 7) is 5.65. The standard InChI is InChI=1S/C12H24N2O2/c1-9(2)10(13)6-7-14(3)12(15)11-5-4-8-16-11/h9-11H,4-8,13H2,1-3H3. The molecule has 1 amide bonds. The quantitative estimate of drug-likeness (QED) is 0.763. The molecule has 2 unspecified atom stereocenters. The van der Waals surface area contributed by atoms with Crippen LogP contribution in [-0.4, -0.2) is 43.2 Å². The zero-order chi connectivity index (χ0) is 12.1. The van der Waals surface area contributed by atoms with Crippen LogP contribution in [0.2, 0.25) is 0 Å². The molecule has 1 saturated heterocycles. The second-order valence-corrected chi connectivity index (χ2v) is 4.96. The number of ether oxygens (including phenoxy) is 1. The lowest BCUT2D eigenvalue weighted by Gasteiger charge is -2.23. The maximum atomic E-state index is 11.9. The Bertz CT molecular complexity index is 225. The molecular weight excluding hydrogens is 204 g/mol. The summed E-state index contributed by atoms with van der Waals surface area (Å²) >= 11 is 0. The number of nitrogens with two attached hydrogens (primary N) is 1. The Labute approximate surface area is 98.1 Å². The highest BCUT2D eigenvalue weighted by Gasteiger charge is 2.26. The largest absolute Gasteiger partial charge is 0.368 e. The van der Waals surface area contributed by atoms with Crippen LogP contribution in [-0.2, 0) is 9.53 Å². The van der Waals surface area contributed by atoms with E-state index in [1.165, 1.54) is 0 Å². The van der Waals surface area contributed by atoms with Crippen molar-refractivity contribution in [3.63, 3.8) is 0 Å². The van der Waals surface area contributed by atoms with Crippen LogP contribution in [0, 0.1) is 5.92 Å². The Kier molecular flexibility index (Phi) is 5.22. The Balaban J connectivity index is 2.28. The smallest absolute Gasteiger partial charge is 0.251 e. The molecule has 4 nitrogen and oxygen atoms in total. The minimum absolute atomic E-state index is 0.105. The van der Waals surface area contributed by atoms with Gasteiger partial charge in [-0.25, -0.2) is 0 Å². The first-order valence-corrected chi connectivity index (χ1v) is 6.14. The van der Waals surface area contributed by atoms with Gasteiger partial charge in [0.05, 0.1) is 0 Å². The van der Waals surface area contributed by atoms with Gasteiger partial charge in [-0.15, -0.1) is 0 Å². The molecule has 0 radical (unpaired) electrons. The third kappa shape index (κ3) is 3.76. The number of carbonyl (C=O) groups excluding carboxylic acids is 1. The molecule has 0 aromatic carbocycles. The second kappa shape index (κ2) is 6.21. The van der Waals surface area contributed by atoms with Crippen LogP contribution in [0.25, 0.3) is 0 Å². The van der Waals surface area contributed by atoms with E-state index in [1.54, 1.807) is 4.90 Å². The van der Waals surface area contributed by atoms with Gasteiger partial charge in [-0.2, -0.15) is 0 Å². The topological polar surface area (TPSA) is 55.6 Å². The molecule has 1 rings (SSSR count). The number of likely N-dealkylation sites (N-methyl/N-ethyl adjacent to an activating group) is 1. The van der Waals surface area contributed by atoms with Crippen molar-refractivity contribution in [2.24, 2.45) is 11.7 Å². The van der Waals surface area contributed by atoms with Gasteiger partial charge in [-0.05, 0) is 25.2 Å². The molecule has 1 heterocycles. The van der Waals surface area contributed by atoms with Crippen LogP contribution in [0.15, 0.2) is 0 Å². The Morgan fingerprint density at radius 2 is 2.25 bits per heavy atom. The normalized spacial score (nSPS) is 22.4. The van der Waals surface area contributed by atoms with Gasteiger partial charge in [0.15, 0.2) is 0 Å². The van der Waals surface area contributed by atoms with E-state index >= 15 is 0 Å². The average molecular weight is 228 g/mol. The summed E-state index contributed by atoms with van der Waals surface area (Å²) in [5.41, 5.74) is 5.95. The molecule has 0 aromatic rings. The third-order valence-electron chi connectivity index (χ3n) is 3.24. The van der Waals surface area contributed by atoms with E-state index in [0.717, 1.165) is 32.4 Å². The van der Waals surface area contributed by atoms with Crippen LogP contribution < -0.4 is 5.73 Å². The number of hydrogen-bond acceptors (Lipinski definition) is 3. The summed E-state index contributed by atoms with van der Waals surface area (Å²) in [5, 5.41) is 0. The van der Waals surface area contributed by atoms with Gasteiger partial charge >= 0.3 is 0 Å². The van der Waals surface area contributed by atoms with Crippen LogP contribution in [0.1, 0.15) is 33.1 Å². The van der Waals surface area contributed by atoms with Gasteiger partial charge in [0.25, 0.3) is 5.91 Å². The van der Waals surface area contributed by atoms with Crippen molar-refractivity contribution in [3.05, 3.63) is 0 Å². The van der Waals surface area contributed by atoms with Crippen LogP contribution >= 0.6 is 0 Å².